The van der Waals surface area contributed by atoms with Crippen molar-refractivity contribution >= 4 is 0 Å². The van der Waals surface area contributed by atoms with Crippen LogP contribution in [0.3, 0.4) is 0 Å². The maximum Gasteiger partial charge on any atom is 0.167 e. The van der Waals surface area contributed by atoms with Crippen LogP contribution >= 0.6 is 0 Å². The highest BCUT2D eigenvalue weighted by Gasteiger charge is 2.14. The Kier molecular flexibility index (Phi) is 4.28. The van der Waals surface area contributed by atoms with E-state index in [1.165, 1.54) is 0 Å². The van der Waals surface area contributed by atoms with Gasteiger partial charge in [0.25, 0.3) is 0 Å². The van der Waals surface area contributed by atoms with Gasteiger partial charge in [-0.05, 0) is 25.0 Å². The second kappa shape index (κ2) is 5.49. The molecule has 15 heavy (non-hydrogen) atoms. The number of methoxy groups -OCH3 is 3. The molecule has 3 heteroatoms. The van der Waals surface area contributed by atoms with Crippen molar-refractivity contribution in [1.82, 2.24) is 0 Å². The molecule has 0 spiro atoms. The Labute approximate surface area is 91.0 Å². The van der Waals surface area contributed by atoms with Crippen molar-refractivity contribution in [2.24, 2.45) is 0 Å². The van der Waals surface area contributed by atoms with Crippen LogP contribution in [0.4, 0.5) is 0 Å². The quantitative estimate of drug-likeness (QED) is 0.745. The van der Waals surface area contributed by atoms with E-state index in [0.29, 0.717) is 0 Å². The molecule has 0 saturated heterocycles. The Hall–Kier alpha value is -1.38. The highest BCUT2D eigenvalue weighted by molar-refractivity contribution is 5.54. The summed E-state index contributed by atoms with van der Waals surface area (Å²) in [5.41, 5.74) is 1.02. The molecular weight excluding hydrogens is 192 g/mol. The molecule has 0 aliphatic heterocycles. The highest BCUT2D eigenvalue weighted by atomic mass is 16.5. The lowest BCUT2D eigenvalue weighted by molar-refractivity contribution is 0.344. The van der Waals surface area contributed by atoms with E-state index in [-0.39, 0.29) is 0 Å². The third-order valence-corrected chi connectivity index (χ3v) is 2.23. The Balaban J connectivity index is 3.24. The van der Waals surface area contributed by atoms with Gasteiger partial charge >= 0.3 is 0 Å². The standard InChI is InChI=1S/C12H17O3/c1-5-6-9-10(13-2)7-8-11(14-3)12(9)15-4/h5,7-8H,6H2,1-4H3. The maximum atomic E-state index is 5.34. The molecule has 1 aromatic rings. The molecule has 0 bridgehead atoms. The van der Waals surface area contributed by atoms with Gasteiger partial charge in [-0.1, -0.05) is 6.92 Å². The molecule has 0 aliphatic rings. The van der Waals surface area contributed by atoms with Gasteiger partial charge in [-0.25, -0.2) is 0 Å². The molecule has 0 heterocycles. The van der Waals surface area contributed by atoms with Crippen LogP contribution < -0.4 is 14.2 Å². The molecule has 83 valence electrons. The first-order valence-corrected chi connectivity index (χ1v) is 4.84. The zero-order valence-electron chi connectivity index (χ0n) is 9.66. The van der Waals surface area contributed by atoms with E-state index < -0.39 is 0 Å². The minimum absolute atomic E-state index is 0.732. The third kappa shape index (κ3) is 2.35. The zero-order chi connectivity index (χ0) is 11.3. The average molecular weight is 209 g/mol. The van der Waals surface area contributed by atoms with E-state index >= 15 is 0 Å². The molecule has 1 aromatic carbocycles. The summed E-state index contributed by atoms with van der Waals surface area (Å²) < 4.78 is 15.8. The molecule has 0 atom stereocenters. The van der Waals surface area contributed by atoms with Gasteiger partial charge in [0.2, 0.25) is 0 Å². The van der Waals surface area contributed by atoms with Crippen LogP contribution in [-0.4, -0.2) is 21.3 Å². The van der Waals surface area contributed by atoms with E-state index in [1.54, 1.807) is 21.3 Å². The van der Waals surface area contributed by atoms with E-state index in [0.717, 1.165) is 29.2 Å². The molecule has 0 N–H and O–H groups in total. The minimum atomic E-state index is 0.732. The molecule has 0 aromatic heterocycles. The van der Waals surface area contributed by atoms with Crippen molar-refractivity contribution in [2.45, 2.75) is 13.3 Å². The van der Waals surface area contributed by atoms with Gasteiger partial charge in [-0.15, -0.1) is 0 Å². The van der Waals surface area contributed by atoms with Crippen LogP contribution in [-0.2, 0) is 6.42 Å². The number of ether oxygens (including phenoxy) is 3. The van der Waals surface area contributed by atoms with Crippen LogP contribution in [0, 0.1) is 6.42 Å². The van der Waals surface area contributed by atoms with Crippen molar-refractivity contribution in [3.8, 4) is 17.2 Å². The Morgan fingerprint density at radius 1 is 1.00 bits per heavy atom. The van der Waals surface area contributed by atoms with Crippen molar-refractivity contribution in [1.29, 1.82) is 0 Å². The minimum Gasteiger partial charge on any atom is -0.496 e. The second-order valence-corrected chi connectivity index (χ2v) is 3.09. The van der Waals surface area contributed by atoms with Gasteiger partial charge in [-0.2, -0.15) is 0 Å². The second-order valence-electron chi connectivity index (χ2n) is 3.09. The summed E-state index contributed by atoms with van der Waals surface area (Å²) in [6.45, 7) is 2.00. The number of rotatable bonds is 5. The number of hydrogen-bond acceptors (Lipinski definition) is 3. The van der Waals surface area contributed by atoms with Crippen LogP contribution in [0.15, 0.2) is 12.1 Å². The Bertz CT molecular complexity index is 321. The highest BCUT2D eigenvalue weighted by Crippen LogP contribution is 2.37. The fourth-order valence-electron chi connectivity index (χ4n) is 1.56. The largest absolute Gasteiger partial charge is 0.496 e. The summed E-state index contributed by atoms with van der Waals surface area (Å²) in [6.07, 6.45) is 2.85. The molecule has 0 fully saturated rings. The lowest BCUT2D eigenvalue weighted by Gasteiger charge is -2.15. The van der Waals surface area contributed by atoms with E-state index in [1.807, 2.05) is 19.1 Å². The Morgan fingerprint density at radius 3 is 2.07 bits per heavy atom. The van der Waals surface area contributed by atoms with Gasteiger partial charge in [0.1, 0.15) is 5.75 Å². The molecular formula is C12H17O3. The topological polar surface area (TPSA) is 27.7 Å². The lowest BCUT2D eigenvalue weighted by atomic mass is 10.1. The fourth-order valence-corrected chi connectivity index (χ4v) is 1.56. The lowest BCUT2D eigenvalue weighted by Crippen LogP contribution is -1.99. The van der Waals surface area contributed by atoms with E-state index in [2.05, 4.69) is 6.42 Å². The predicted octanol–water partition coefficient (Wildman–Crippen LogP) is 2.48. The Morgan fingerprint density at radius 2 is 1.60 bits per heavy atom. The maximum absolute atomic E-state index is 5.34. The first kappa shape index (κ1) is 11.7. The van der Waals surface area contributed by atoms with Gasteiger partial charge in [0.05, 0.1) is 21.3 Å². The first-order valence-electron chi connectivity index (χ1n) is 4.84. The van der Waals surface area contributed by atoms with Crippen LogP contribution in [0.25, 0.3) is 0 Å². The third-order valence-electron chi connectivity index (χ3n) is 2.23. The summed E-state index contributed by atoms with van der Waals surface area (Å²) in [7, 11) is 4.92. The SMILES string of the molecule is C[CH]Cc1c(OC)ccc(OC)c1OC. The summed E-state index contributed by atoms with van der Waals surface area (Å²) >= 11 is 0. The van der Waals surface area contributed by atoms with Crippen molar-refractivity contribution in [3.63, 3.8) is 0 Å². The predicted molar refractivity (Wildman–Crippen MR) is 59.8 cm³/mol. The summed E-state index contributed by atoms with van der Waals surface area (Å²) in [5.74, 6) is 2.30. The summed E-state index contributed by atoms with van der Waals surface area (Å²) in [5, 5.41) is 0. The number of hydrogen-bond donors (Lipinski definition) is 0. The van der Waals surface area contributed by atoms with E-state index in [9.17, 15) is 0 Å². The summed E-state index contributed by atoms with van der Waals surface area (Å²) in [6, 6.07) is 3.73. The zero-order valence-corrected chi connectivity index (χ0v) is 9.66. The molecule has 1 radical (unpaired) electrons. The van der Waals surface area contributed by atoms with Crippen molar-refractivity contribution in [3.05, 3.63) is 24.1 Å². The average Bonchev–Trinajstić information content (AvgIpc) is 2.28. The van der Waals surface area contributed by atoms with Gasteiger partial charge in [-0.3, -0.25) is 0 Å². The van der Waals surface area contributed by atoms with Crippen LogP contribution in [0.5, 0.6) is 17.2 Å². The van der Waals surface area contributed by atoms with Gasteiger partial charge in [0, 0.05) is 5.56 Å². The number of benzene rings is 1. The molecule has 0 aliphatic carbocycles. The summed E-state index contributed by atoms with van der Waals surface area (Å²) in [4.78, 5) is 0. The van der Waals surface area contributed by atoms with Crippen LogP contribution in [0.2, 0.25) is 0 Å². The molecule has 0 saturated carbocycles. The van der Waals surface area contributed by atoms with Crippen LogP contribution in [0.1, 0.15) is 12.5 Å². The molecule has 1 rings (SSSR count). The van der Waals surface area contributed by atoms with Crippen molar-refractivity contribution in [2.75, 3.05) is 21.3 Å². The fraction of sp³-hybridized carbons (Fsp3) is 0.417. The normalized spacial score (nSPS) is 9.87. The monoisotopic (exact) mass is 209 g/mol. The smallest absolute Gasteiger partial charge is 0.167 e. The van der Waals surface area contributed by atoms with Gasteiger partial charge < -0.3 is 14.2 Å². The molecule has 3 nitrogen and oxygen atoms in total. The van der Waals surface area contributed by atoms with Crippen molar-refractivity contribution < 1.29 is 14.2 Å². The first-order chi connectivity index (χ1) is 7.28. The van der Waals surface area contributed by atoms with Gasteiger partial charge in [0.15, 0.2) is 11.5 Å². The molecule has 0 unspecified atom stereocenters. The van der Waals surface area contributed by atoms with E-state index in [4.69, 9.17) is 14.2 Å². The molecule has 0 amide bonds.